The highest BCUT2D eigenvalue weighted by atomic mass is 35.5. The van der Waals surface area contributed by atoms with Crippen LogP contribution >= 0.6 is 11.6 Å². The first kappa shape index (κ1) is 25.7. The molecule has 2 aromatic rings. The summed E-state index contributed by atoms with van der Waals surface area (Å²) in [7, 11) is 0. The molecule has 0 aliphatic carbocycles. The van der Waals surface area contributed by atoms with E-state index in [-0.39, 0.29) is 29.7 Å². The molecule has 0 saturated carbocycles. The van der Waals surface area contributed by atoms with Crippen molar-refractivity contribution >= 4 is 24.5 Å². The second-order valence-corrected chi connectivity index (χ2v) is 9.47. The first-order valence-electron chi connectivity index (χ1n) is 11.5. The summed E-state index contributed by atoms with van der Waals surface area (Å²) < 4.78 is 19.5. The number of nitrogens with zero attached hydrogens (tertiary/aromatic N) is 1. The van der Waals surface area contributed by atoms with E-state index in [4.69, 9.17) is 16.3 Å². The average molecular weight is 476 g/mol. The molecule has 0 amide bonds. The molecule has 3 rings (SSSR count). The van der Waals surface area contributed by atoms with Gasteiger partial charge in [0, 0.05) is 30.2 Å². The van der Waals surface area contributed by atoms with Crippen LogP contribution in [0.4, 0.5) is 4.39 Å². The Hall–Kier alpha value is -1.93. The van der Waals surface area contributed by atoms with Gasteiger partial charge in [-0.05, 0) is 61.3 Å². The monoisotopic (exact) mass is 475 g/mol. The van der Waals surface area contributed by atoms with Gasteiger partial charge in [-0.1, -0.05) is 42.7 Å². The van der Waals surface area contributed by atoms with E-state index in [9.17, 15) is 19.3 Å². The number of hydrogen-bond acceptors (Lipinski definition) is 5. The van der Waals surface area contributed by atoms with Gasteiger partial charge in [-0.15, -0.1) is 0 Å². The van der Waals surface area contributed by atoms with Crippen molar-refractivity contribution in [2.75, 3.05) is 26.2 Å². The van der Waals surface area contributed by atoms with Crippen molar-refractivity contribution in [1.29, 1.82) is 0 Å². The molecular weight excluding hydrogens is 444 g/mol. The van der Waals surface area contributed by atoms with E-state index >= 15 is 0 Å². The van der Waals surface area contributed by atoms with Crippen LogP contribution in [-0.4, -0.2) is 60.3 Å². The third-order valence-electron chi connectivity index (χ3n) is 6.05. The summed E-state index contributed by atoms with van der Waals surface area (Å²) >= 11 is 6.02. The third kappa shape index (κ3) is 7.54. The number of carbonyl (C=O) groups is 1. The van der Waals surface area contributed by atoms with Gasteiger partial charge in [-0.2, -0.15) is 0 Å². The van der Waals surface area contributed by atoms with E-state index in [1.807, 2.05) is 24.3 Å². The number of esters is 1. The van der Waals surface area contributed by atoms with E-state index in [2.05, 4.69) is 4.90 Å². The SMILES string of the molecule is CCOC(=O)[C@@H](C[C@H](CB(C)O)Cc1ccc(-c2cc(Cl)ccc2F)cc1)CN1CC(O)C1. The van der Waals surface area contributed by atoms with Crippen LogP contribution in [0.3, 0.4) is 0 Å². The Labute approximate surface area is 200 Å². The van der Waals surface area contributed by atoms with Crippen molar-refractivity contribution < 1.29 is 24.1 Å². The van der Waals surface area contributed by atoms with Crippen LogP contribution in [0.15, 0.2) is 42.5 Å². The highest BCUT2D eigenvalue weighted by Crippen LogP contribution is 2.29. The van der Waals surface area contributed by atoms with Gasteiger partial charge >= 0.3 is 5.97 Å². The summed E-state index contributed by atoms with van der Waals surface area (Å²) in [5.41, 5.74) is 2.24. The molecule has 0 aromatic heterocycles. The van der Waals surface area contributed by atoms with Crippen molar-refractivity contribution in [2.24, 2.45) is 11.8 Å². The van der Waals surface area contributed by atoms with E-state index in [1.54, 1.807) is 19.8 Å². The minimum absolute atomic E-state index is 0.0689. The fraction of sp³-hybridized carbons (Fsp3) is 0.480. The van der Waals surface area contributed by atoms with Gasteiger partial charge in [-0.3, -0.25) is 9.69 Å². The van der Waals surface area contributed by atoms with E-state index < -0.39 is 6.92 Å². The standard InChI is InChI=1S/C25H32BClFNO4/c1-3-33-25(31)20(14-29-15-22(30)16-29)11-18(13-26(2)32)10-17-4-6-19(7-5-17)23-12-21(27)8-9-24(23)28/h4-9,12,18,20,22,30,32H,3,10-11,13-16H2,1-2H3/t18-,20+/m1/s1. The van der Waals surface area contributed by atoms with Gasteiger partial charge in [0.1, 0.15) is 5.82 Å². The quantitative estimate of drug-likeness (QED) is 0.377. The maximum absolute atomic E-state index is 14.2. The van der Waals surface area contributed by atoms with Crippen LogP contribution in [0.5, 0.6) is 0 Å². The number of halogens is 2. The summed E-state index contributed by atoms with van der Waals surface area (Å²) in [5.74, 6) is -0.811. The second kappa shape index (κ2) is 12.0. The number of ether oxygens (including phenoxy) is 1. The molecule has 33 heavy (non-hydrogen) atoms. The minimum atomic E-state index is -0.497. The van der Waals surface area contributed by atoms with Crippen LogP contribution < -0.4 is 0 Å². The zero-order valence-corrected chi connectivity index (χ0v) is 20.0. The third-order valence-corrected chi connectivity index (χ3v) is 6.28. The highest BCUT2D eigenvalue weighted by molar-refractivity contribution is 6.48. The van der Waals surface area contributed by atoms with Gasteiger partial charge in [0.05, 0.1) is 18.6 Å². The molecule has 2 atom stereocenters. The fourth-order valence-corrected chi connectivity index (χ4v) is 4.70. The first-order chi connectivity index (χ1) is 15.7. The molecule has 2 N–H and O–H groups in total. The van der Waals surface area contributed by atoms with Crippen LogP contribution in [-0.2, 0) is 16.0 Å². The Morgan fingerprint density at radius 1 is 1.27 bits per heavy atom. The largest absolute Gasteiger partial charge is 0.466 e. The second-order valence-electron chi connectivity index (χ2n) is 9.03. The van der Waals surface area contributed by atoms with Crippen LogP contribution in [0.25, 0.3) is 11.1 Å². The summed E-state index contributed by atoms with van der Waals surface area (Å²) in [5, 5.41) is 20.1. The number of benzene rings is 2. The molecule has 178 valence electrons. The molecule has 8 heteroatoms. The molecule has 1 heterocycles. The lowest BCUT2D eigenvalue weighted by molar-refractivity contribution is -0.150. The maximum atomic E-state index is 14.2. The zero-order valence-electron chi connectivity index (χ0n) is 19.2. The lowest BCUT2D eigenvalue weighted by Gasteiger charge is -2.38. The van der Waals surface area contributed by atoms with Crippen LogP contribution in [0, 0.1) is 17.7 Å². The Balaban J connectivity index is 1.72. The smallest absolute Gasteiger partial charge is 0.310 e. The zero-order chi connectivity index (χ0) is 24.0. The highest BCUT2D eigenvalue weighted by Gasteiger charge is 2.32. The van der Waals surface area contributed by atoms with Crippen molar-refractivity contribution in [1.82, 2.24) is 4.90 Å². The first-order valence-corrected chi connectivity index (χ1v) is 11.9. The summed E-state index contributed by atoms with van der Waals surface area (Å²) in [6.07, 6.45) is 1.50. The number of aliphatic hydroxyl groups excluding tert-OH is 1. The predicted molar refractivity (Wildman–Crippen MR) is 130 cm³/mol. The molecular formula is C25H32BClFNO4. The van der Waals surface area contributed by atoms with Crippen molar-refractivity contribution in [3.05, 3.63) is 58.9 Å². The van der Waals surface area contributed by atoms with Gasteiger partial charge < -0.3 is 14.9 Å². The fourth-order valence-electron chi connectivity index (χ4n) is 4.53. The lowest BCUT2D eigenvalue weighted by atomic mass is 9.62. The predicted octanol–water partition coefficient (Wildman–Crippen LogP) is 4.16. The number of carbonyl (C=O) groups excluding carboxylic acids is 1. The lowest BCUT2D eigenvalue weighted by Crippen LogP contribution is -2.53. The molecule has 1 fully saturated rings. The molecule has 1 aliphatic heterocycles. The van der Waals surface area contributed by atoms with Gasteiger partial charge in [0.25, 0.3) is 6.92 Å². The topological polar surface area (TPSA) is 70.0 Å². The van der Waals surface area contributed by atoms with Crippen molar-refractivity contribution in [3.8, 4) is 11.1 Å². The summed E-state index contributed by atoms with van der Waals surface area (Å²) in [4.78, 5) is 14.7. The van der Waals surface area contributed by atoms with E-state index in [1.165, 1.54) is 12.1 Å². The molecule has 0 spiro atoms. The summed E-state index contributed by atoms with van der Waals surface area (Å²) in [6.45, 7) is 5.04. The van der Waals surface area contributed by atoms with Gasteiger partial charge in [-0.25, -0.2) is 4.39 Å². The van der Waals surface area contributed by atoms with E-state index in [0.717, 1.165) is 11.1 Å². The number of likely N-dealkylation sites (tertiary alicyclic amines) is 1. The molecule has 1 aliphatic rings. The summed E-state index contributed by atoms with van der Waals surface area (Å²) in [6, 6.07) is 12.1. The maximum Gasteiger partial charge on any atom is 0.310 e. The normalized spacial score (nSPS) is 16.2. The Morgan fingerprint density at radius 2 is 1.97 bits per heavy atom. The van der Waals surface area contributed by atoms with Gasteiger partial charge in [0.2, 0.25) is 0 Å². The molecule has 1 saturated heterocycles. The number of hydrogen-bond donors (Lipinski definition) is 2. The molecule has 0 radical (unpaired) electrons. The van der Waals surface area contributed by atoms with Crippen LogP contribution in [0.1, 0.15) is 18.9 Å². The Kier molecular flexibility index (Phi) is 9.32. The number of aliphatic hydroxyl groups is 1. The average Bonchev–Trinajstić information content (AvgIpc) is 2.74. The molecule has 0 unspecified atom stereocenters. The van der Waals surface area contributed by atoms with E-state index in [0.29, 0.717) is 56.0 Å². The number of rotatable bonds is 11. The number of β-amino-alcohol motifs (C(OH)–C–C–N with tert-alkyl or cyclic N) is 1. The Morgan fingerprint density at radius 3 is 2.58 bits per heavy atom. The van der Waals surface area contributed by atoms with Gasteiger partial charge in [0.15, 0.2) is 0 Å². The molecule has 5 nitrogen and oxygen atoms in total. The van der Waals surface area contributed by atoms with Crippen molar-refractivity contribution in [3.63, 3.8) is 0 Å². The Bertz CT molecular complexity index is 921. The molecule has 0 bridgehead atoms. The van der Waals surface area contributed by atoms with Crippen LogP contribution in [0.2, 0.25) is 18.2 Å². The molecule has 2 aromatic carbocycles. The van der Waals surface area contributed by atoms with Crippen molar-refractivity contribution in [2.45, 2.75) is 39.0 Å². The minimum Gasteiger partial charge on any atom is -0.466 e.